The van der Waals surface area contributed by atoms with Crippen LogP contribution in [-0.4, -0.2) is 11.0 Å². The molecule has 0 radical (unpaired) electrons. The van der Waals surface area contributed by atoms with Gasteiger partial charge in [-0.2, -0.15) is 0 Å². The molecule has 0 aliphatic heterocycles. The Hall–Kier alpha value is -0.910. The fraction of sp³-hybridized carbons (Fsp3) is 0.267. The summed E-state index contributed by atoms with van der Waals surface area (Å²) in [6.45, 7) is 5.22. The maximum atomic E-state index is 5.90. The number of thiocarbonyl (C=S) groups is 1. The van der Waals surface area contributed by atoms with Gasteiger partial charge >= 0.3 is 0 Å². The Labute approximate surface area is 137 Å². The zero-order valence-corrected chi connectivity index (χ0v) is 14.7. The van der Waals surface area contributed by atoms with Crippen LogP contribution in [0, 0.1) is 0 Å². The quantitative estimate of drug-likeness (QED) is 0.784. The Balaban J connectivity index is 2.44. The van der Waals surface area contributed by atoms with Gasteiger partial charge in [0, 0.05) is 26.6 Å². The molecule has 1 aromatic carbocycles. The van der Waals surface area contributed by atoms with Gasteiger partial charge in [-0.05, 0) is 53.4 Å². The highest BCUT2D eigenvalue weighted by Gasteiger charge is 2.18. The number of hydrogen-bond donors (Lipinski definition) is 1. The van der Waals surface area contributed by atoms with Crippen molar-refractivity contribution in [2.24, 2.45) is 5.73 Å². The monoisotopic (exact) mass is 368 g/mol. The summed E-state index contributed by atoms with van der Waals surface area (Å²) in [5, 5.41) is 2.10. The maximum Gasteiger partial charge on any atom is 0.107 e. The minimum Gasteiger partial charge on any atom is -0.389 e. The zero-order valence-electron chi connectivity index (χ0n) is 11.5. The van der Waals surface area contributed by atoms with Crippen molar-refractivity contribution in [3.8, 4) is 0 Å². The van der Waals surface area contributed by atoms with Crippen LogP contribution in [0.15, 0.2) is 40.2 Å². The summed E-state index contributed by atoms with van der Waals surface area (Å²) in [5.74, 6) is 0. The molecule has 0 amide bonds. The minimum absolute atomic E-state index is 0.361. The predicted octanol–water partition coefficient (Wildman–Crippen LogP) is 4.56. The van der Waals surface area contributed by atoms with Crippen molar-refractivity contribution in [3.63, 3.8) is 0 Å². The van der Waals surface area contributed by atoms with E-state index in [9.17, 15) is 0 Å². The molecule has 0 bridgehead atoms. The molecular formula is C15H17BrN2S2. The highest BCUT2D eigenvalue weighted by Crippen LogP contribution is 2.30. The average Bonchev–Trinajstić information content (AvgIpc) is 2.87. The van der Waals surface area contributed by atoms with Gasteiger partial charge in [0.15, 0.2) is 0 Å². The highest BCUT2D eigenvalue weighted by atomic mass is 79.9. The van der Waals surface area contributed by atoms with Crippen LogP contribution in [0.2, 0.25) is 0 Å². The Morgan fingerprint density at radius 3 is 2.65 bits per heavy atom. The van der Waals surface area contributed by atoms with E-state index < -0.39 is 0 Å². The molecule has 5 heteroatoms. The van der Waals surface area contributed by atoms with E-state index >= 15 is 0 Å². The topological polar surface area (TPSA) is 29.3 Å². The van der Waals surface area contributed by atoms with Crippen LogP contribution in [0.25, 0.3) is 0 Å². The molecule has 2 nitrogen and oxygen atoms in total. The lowest BCUT2D eigenvalue weighted by Gasteiger charge is -2.30. The second-order valence-electron chi connectivity index (χ2n) is 4.80. The van der Waals surface area contributed by atoms with Crippen molar-refractivity contribution in [2.45, 2.75) is 26.4 Å². The first-order valence-corrected chi connectivity index (χ1v) is 8.46. The fourth-order valence-corrected chi connectivity index (χ4v) is 3.73. The Bertz CT molecular complexity index is 594. The lowest BCUT2D eigenvalue weighted by molar-refractivity contribution is 0.686. The van der Waals surface area contributed by atoms with Crippen molar-refractivity contribution < 1.29 is 0 Å². The molecule has 0 fully saturated rings. The molecular weight excluding hydrogens is 352 g/mol. The van der Waals surface area contributed by atoms with Gasteiger partial charge in [0.25, 0.3) is 0 Å². The van der Waals surface area contributed by atoms with E-state index in [0.29, 0.717) is 11.0 Å². The van der Waals surface area contributed by atoms with Crippen molar-refractivity contribution in [1.29, 1.82) is 0 Å². The SMILES string of the molecule is CC(C)N(Cc1cccs1)c1cccc(Br)c1C(N)=S. The third kappa shape index (κ3) is 3.40. The van der Waals surface area contributed by atoms with Crippen LogP contribution in [-0.2, 0) is 6.54 Å². The van der Waals surface area contributed by atoms with Gasteiger partial charge in [0.05, 0.1) is 6.54 Å². The van der Waals surface area contributed by atoms with Gasteiger partial charge in [-0.3, -0.25) is 0 Å². The molecule has 2 N–H and O–H groups in total. The van der Waals surface area contributed by atoms with Crippen LogP contribution in [0.5, 0.6) is 0 Å². The first-order chi connectivity index (χ1) is 9.50. The van der Waals surface area contributed by atoms with Crippen molar-refractivity contribution in [1.82, 2.24) is 0 Å². The first-order valence-electron chi connectivity index (χ1n) is 6.38. The summed E-state index contributed by atoms with van der Waals surface area (Å²) < 4.78 is 0.944. The summed E-state index contributed by atoms with van der Waals surface area (Å²) >= 11 is 10.5. The van der Waals surface area contributed by atoms with E-state index in [2.05, 4.69) is 58.3 Å². The van der Waals surface area contributed by atoms with E-state index in [-0.39, 0.29) is 0 Å². The van der Waals surface area contributed by atoms with Gasteiger partial charge in [-0.15, -0.1) is 11.3 Å². The molecule has 0 spiro atoms. The van der Waals surface area contributed by atoms with Crippen LogP contribution < -0.4 is 10.6 Å². The number of nitrogens with two attached hydrogens (primary N) is 1. The second-order valence-corrected chi connectivity index (χ2v) is 7.13. The number of halogens is 1. The summed E-state index contributed by atoms with van der Waals surface area (Å²) in [5.41, 5.74) is 7.89. The molecule has 0 aliphatic carbocycles. The summed E-state index contributed by atoms with van der Waals surface area (Å²) in [6.07, 6.45) is 0. The van der Waals surface area contributed by atoms with Gasteiger partial charge < -0.3 is 10.6 Å². The first kappa shape index (κ1) is 15.5. The van der Waals surface area contributed by atoms with Gasteiger partial charge in [0.2, 0.25) is 0 Å². The summed E-state index contributed by atoms with van der Waals surface area (Å²) in [6, 6.07) is 10.7. The van der Waals surface area contributed by atoms with Crippen LogP contribution in [0.3, 0.4) is 0 Å². The predicted molar refractivity (Wildman–Crippen MR) is 95.7 cm³/mol. The van der Waals surface area contributed by atoms with E-state index in [1.807, 2.05) is 12.1 Å². The van der Waals surface area contributed by atoms with Crippen LogP contribution in [0.4, 0.5) is 5.69 Å². The molecule has 106 valence electrons. The average molecular weight is 369 g/mol. The normalized spacial score (nSPS) is 10.8. The molecule has 1 aromatic heterocycles. The third-order valence-corrected chi connectivity index (χ3v) is 4.80. The maximum absolute atomic E-state index is 5.90. The minimum atomic E-state index is 0.361. The molecule has 0 saturated carbocycles. The Morgan fingerprint density at radius 1 is 1.35 bits per heavy atom. The highest BCUT2D eigenvalue weighted by molar-refractivity contribution is 9.10. The van der Waals surface area contributed by atoms with Crippen molar-refractivity contribution >= 4 is 50.2 Å². The lowest BCUT2D eigenvalue weighted by atomic mass is 10.1. The van der Waals surface area contributed by atoms with Crippen molar-refractivity contribution in [2.75, 3.05) is 4.90 Å². The van der Waals surface area contributed by atoms with Gasteiger partial charge in [-0.25, -0.2) is 0 Å². The van der Waals surface area contributed by atoms with Crippen LogP contribution >= 0.6 is 39.5 Å². The molecule has 2 rings (SSSR count). The van der Waals surface area contributed by atoms with Gasteiger partial charge in [-0.1, -0.05) is 24.4 Å². The Kier molecular flexibility index (Phi) is 5.18. The third-order valence-electron chi connectivity index (χ3n) is 3.08. The smallest absolute Gasteiger partial charge is 0.107 e. The van der Waals surface area contributed by atoms with Crippen LogP contribution in [0.1, 0.15) is 24.3 Å². The van der Waals surface area contributed by atoms with Crippen molar-refractivity contribution in [3.05, 3.63) is 50.6 Å². The molecule has 2 aromatic rings. The largest absolute Gasteiger partial charge is 0.389 e. The standard InChI is InChI=1S/C15H17BrN2S2/c1-10(2)18(9-11-5-4-8-20-11)13-7-3-6-12(16)14(13)15(17)19/h3-8,10H,9H2,1-2H3,(H2,17,19). The molecule has 1 heterocycles. The fourth-order valence-electron chi connectivity index (χ4n) is 2.11. The number of rotatable bonds is 5. The molecule has 0 saturated heterocycles. The number of anilines is 1. The molecule has 20 heavy (non-hydrogen) atoms. The number of hydrogen-bond acceptors (Lipinski definition) is 3. The number of nitrogens with zero attached hydrogens (tertiary/aromatic N) is 1. The molecule has 0 aliphatic rings. The zero-order chi connectivity index (χ0) is 14.7. The number of thiophene rings is 1. The summed E-state index contributed by atoms with van der Waals surface area (Å²) in [4.78, 5) is 4.07. The molecule has 0 unspecified atom stereocenters. The van der Waals surface area contributed by atoms with E-state index in [0.717, 1.165) is 22.3 Å². The van der Waals surface area contributed by atoms with E-state index in [4.69, 9.17) is 18.0 Å². The summed E-state index contributed by atoms with van der Waals surface area (Å²) in [7, 11) is 0. The van der Waals surface area contributed by atoms with Gasteiger partial charge in [0.1, 0.15) is 4.99 Å². The Morgan fingerprint density at radius 2 is 2.10 bits per heavy atom. The molecule has 0 atom stereocenters. The van der Waals surface area contributed by atoms with E-state index in [1.54, 1.807) is 11.3 Å². The lowest BCUT2D eigenvalue weighted by Crippen LogP contribution is -2.32. The van der Waals surface area contributed by atoms with E-state index in [1.165, 1.54) is 4.88 Å². The second kappa shape index (κ2) is 6.70. The number of benzene rings is 1.